The molecule has 0 aliphatic carbocycles. The molecule has 3 aromatic rings. The number of halogens is 1. The largest absolute Gasteiger partial charge is 0.383 e. The predicted octanol–water partition coefficient (Wildman–Crippen LogP) is 4.46. The van der Waals surface area contributed by atoms with E-state index in [-0.39, 0.29) is 5.82 Å². The molecule has 0 aliphatic rings. The average Bonchev–Trinajstić information content (AvgIpc) is 2.61. The molecule has 0 amide bonds. The lowest BCUT2D eigenvalue weighted by Crippen LogP contribution is -2.10. The fourth-order valence-corrected chi connectivity index (χ4v) is 2.48. The van der Waals surface area contributed by atoms with E-state index < -0.39 is 0 Å². The first-order valence-corrected chi connectivity index (χ1v) is 7.82. The zero-order valence-corrected chi connectivity index (χ0v) is 14.0. The summed E-state index contributed by atoms with van der Waals surface area (Å²) in [4.78, 5) is 9.10. The monoisotopic (exact) mass is 335 g/mol. The molecule has 0 fully saturated rings. The lowest BCUT2D eigenvalue weighted by atomic mass is 10.1. The first-order valence-electron chi connectivity index (χ1n) is 7.82. The van der Waals surface area contributed by atoms with E-state index in [1.165, 1.54) is 12.1 Å². The summed E-state index contributed by atoms with van der Waals surface area (Å²) in [5.74, 6) is 0.653. The van der Waals surface area contributed by atoms with Gasteiger partial charge in [-0.05, 0) is 25.1 Å². The highest BCUT2D eigenvalue weighted by molar-refractivity contribution is 6.02. The number of benzene rings is 2. The maximum Gasteiger partial charge on any atom is 0.162 e. The molecule has 1 aromatic heterocycles. The van der Waals surface area contributed by atoms with Gasteiger partial charge in [0.2, 0.25) is 0 Å². The summed E-state index contributed by atoms with van der Waals surface area (Å²) in [6, 6.07) is 15.7. The molecule has 126 valence electrons. The quantitative estimate of drug-likeness (QED) is 0.602. The Morgan fingerprint density at radius 3 is 2.44 bits per heavy atom. The Hall–Kier alpha value is -3.28. The van der Waals surface area contributed by atoms with Gasteiger partial charge in [0, 0.05) is 18.3 Å². The number of hydrogen-bond donors (Lipinski definition) is 3. The number of hydrogen-bond acceptors (Lipinski definition) is 5. The first kappa shape index (κ1) is 16.6. The highest BCUT2D eigenvalue weighted by Gasteiger charge is 2.16. The second-order valence-electron chi connectivity index (χ2n) is 5.50. The third-order valence-electron chi connectivity index (χ3n) is 3.63. The number of nitrogens with zero attached hydrogens (tertiary/aromatic N) is 2. The van der Waals surface area contributed by atoms with Crippen LogP contribution in [0.3, 0.4) is 0 Å². The average molecular weight is 335 g/mol. The molecule has 2 aromatic carbocycles. The van der Waals surface area contributed by atoms with E-state index in [1.807, 2.05) is 30.3 Å². The first-order chi connectivity index (χ1) is 12.1. The Bertz CT molecular complexity index is 909. The molecule has 25 heavy (non-hydrogen) atoms. The standard InChI is InChI=1S/C19H18FN5/c1-12(21)16-17(22-2)19(23-15-10-6-9-14(20)11-15)25-18(24-16)13-7-4-3-5-8-13/h3-11,21-22H,1-2H3,(H,23,24,25). The lowest BCUT2D eigenvalue weighted by Gasteiger charge is -2.16. The molecule has 0 bridgehead atoms. The Kier molecular flexibility index (Phi) is 4.70. The van der Waals surface area contributed by atoms with E-state index in [0.29, 0.717) is 34.4 Å². The van der Waals surface area contributed by atoms with Crippen LogP contribution in [0.2, 0.25) is 0 Å². The van der Waals surface area contributed by atoms with Crippen molar-refractivity contribution in [2.24, 2.45) is 0 Å². The van der Waals surface area contributed by atoms with Gasteiger partial charge in [-0.3, -0.25) is 0 Å². The number of nitrogens with one attached hydrogen (secondary N) is 3. The minimum Gasteiger partial charge on any atom is -0.383 e. The van der Waals surface area contributed by atoms with Crippen molar-refractivity contribution in [1.82, 2.24) is 9.97 Å². The fraction of sp³-hybridized carbons (Fsp3) is 0.105. The normalized spacial score (nSPS) is 10.4. The molecule has 3 rings (SSSR count). The van der Waals surface area contributed by atoms with Gasteiger partial charge in [0.05, 0.1) is 5.71 Å². The second-order valence-corrected chi connectivity index (χ2v) is 5.50. The summed E-state index contributed by atoms with van der Waals surface area (Å²) < 4.78 is 13.5. The fourth-order valence-electron chi connectivity index (χ4n) is 2.48. The molecule has 0 saturated carbocycles. The van der Waals surface area contributed by atoms with Crippen LogP contribution in [-0.4, -0.2) is 22.7 Å². The van der Waals surface area contributed by atoms with Crippen LogP contribution in [0.1, 0.15) is 12.6 Å². The summed E-state index contributed by atoms with van der Waals surface area (Å²) in [5, 5.41) is 14.2. The summed E-state index contributed by atoms with van der Waals surface area (Å²) >= 11 is 0. The highest BCUT2D eigenvalue weighted by atomic mass is 19.1. The van der Waals surface area contributed by atoms with Crippen LogP contribution < -0.4 is 10.6 Å². The highest BCUT2D eigenvalue weighted by Crippen LogP contribution is 2.29. The molecule has 3 N–H and O–H groups in total. The number of rotatable bonds is 5. The zero-order valence-electron chi connectivity index (χ0n) is 14.0. The van der Waals surface area contributed by atoms with Crippen molar-refractivity contribution in [3.05, 3.63) is 66.1 Å². The molecular formula is C19H18FN5. The molecule has 0 spiro atoms. The van der Waals surface area contributed by atoms with Gasteiger partial charge < -0.3 is 16.0 Å². The van der Waals surface area contributed by atoms with Gasteiger partial charge in [0.1, 0.15) is 17.2 Å². The Labute approximate surface area is 145 Å². The van der Waals surface area contributed by atoms with Crippen LogP contribution in [0.25, 0.3) is 11.4 Å². The minimum atomic E-state index is -0.336. The van der Waals surface area contributed by atoms with Gasteiger partial charge in [0.25, 0.3) is 0 Å². The Morgan fingerprint density at radius 1 is 1.04 bits per heavy atom. The molecular weight excluding hydrogens is 317 g/mol. The van der Waals surface area contributed by atoms with E-state index in [4.69, 9.17) is 5.41 Å². The van der Waals surface area contributed by atoms with Gasteiger partial charge in [-0.15, -0.1) is 0 Å². The molecule has 0 unspecified atom stereocenters. The molecule has 0 radical (unpaired) electrons. The van der Waals surface area contributed by atoms with Crippen LogP contribution in [-0.2, 0) is 0 Å². The van der Waals surface area contributed by atoms with Crippen molar-refractivity contribution < 1.29 is 4.39 Å². The molecule has 0 saturated heterocycles. The van der Waals surface area contributed by atoms with E-state index in [2.05, 4.69) is 20.6 Å². The van der Waals surface area contributed by atoms with E-state index >= 15 is 0 Å². The smallest absolute Gasteiger partial charge is 0.162 e. The van der Waals surface area contributed by atoms with Gasteiger partial charge in [0.15, 0.2) is 11.6 Å². The van der Waals surface area contributed by atoms with E-state index in [9.17, 15) is 4.39 Å². The van der Waals surface area contributed by atoms with Crippen molar-refractivity contribution in [2.45, 2.75) is 6.92 Å². The molecule has 1 heterocycles. The van der Waals surface area contributed by atoms with Crippen LogP contribution in [0.4, 0.5) is 21.6 Å². The summed E-state index contributed by atoms with van der Waals surface area (Å²) in [6.45, 7) is 1.67. The topological polar surface area (TPSA) is 73.7 Å². The van der Waals surface area contributed by atoms with E-state index in [1.54, 1.807) is 26.1 Å². The summed E-state index contributed by atoms with van der Waals surface area (Å²) in [5.41, 5.74) is 2.82. The Morgan fingerprint density at radius 2 is 1.80 bits per heavy atom. The molecule has 6 heteroatoms. The second kappa shape index (κ2) is 7.09. The van der Waals surface area contributed by atoms with Crippen LogP contribution in [0.15, 0.2) is 54.6 Å². The van der Waals surface area contributed by atoms with Crippen molar-refractivity contribution in [3.63, 3.8) is 0 Å². The Balaban J connectivity index is 2.14. The predicted molar refractivity (Wildman–Crippen MR) is 99.2 cm³/mol. The third kappa shape index (κ3) is 3.63. The van der Waals surface area contributed by atoms with Crippen LogP contribution in [0, 0.1) is 11.2 Å². The maximum absolute atomic E-state index is 13.5. The maximum atomic E-state index is 13.5. The van der Waals surface area contributed by atoms with E-state index in [0.717, 1.165) is 5.56 Å². The van der Waals surface area contributed by atoms with Gasteiger partial charge >= 0.3 is 0 Å². The summed E-state index contributed by atoms with van der Waals surface area (Å²) in [7, 11) is 1.74. The van der Waals surface area contributed by atoms with Crippen LogP contribution in [0.5, 0.6) is 0 Å². The zero-order chi connectivity index (χ0) is 17.8. The van der Waals surface area contributed by atoms with Crippen LogP contribution >= 0.6 is 0 Å². The minimum absolute atomic E-state index is 0.311. The van der Waals surface area contributed by atoms with Crippen molar-refractivity contribution in [3.8, 4) is 11.4 Å². The SMILES string of the molecule is CNc1c(Nc2cccc(F)c2)nc(-c2ccccc2)nc1C(C)=N. The van der Waals surface area contributed by atoms with Gasteiger partial charge in [-0.1, -0.05) is 36.4 Å². The molecule has 0 aliphatic heterocycles. The molecule has 0 atom stereocenters. The van der Waals surface area contributed by atoms with Crippen molar-refractivity contribution in [2.75, 3.05) is 17.7 Å². The molecule has 5 nitrogen and oxygen atoms in total. The summed E-state index contributed by atoms with van der Waals surface area (Å²) in [6.07, 6.45) is 0. The van der Waals surface area contributed by atoms with Gasteiger partial charge in [-0.25, -0.2) is 14.4 Å². The van der Waals surface area contributed by atoms with Gasteiger partial charge in [-0.2, -0.15) is 0 Å². The number of aromatic nitrogens is 2. The third-order valence-corrected chi connectivity index (χ3v) is 3.63. The lowest BCUT2D eigenvalue weighted by molar-refractivity contribution is 0.628. The van der Waals surface area contributed by atoms with Crippen molar-refractivity contribution >= 4 is 22.9 Å². The number of anilines is 3. The van der Waals surface area contributed by atoms with Crippen molar-refractivity contribution in [1.29, 1.82) is 5.41 Å².